The van der Waals surface area contributed by atoms with Crippen molar-refractivity contribution in [2.75, 3.05) is 27.9 Å². The fourth-order valence-electron chi connectivity index (χ4n) is 13.8. The summed E-state index contributed by atoms with van der Waals surface area (Å²) in [5.74, 6) is 2.39. The Morgan fingerprint density at radius 3 is 1.85 bits per heavy atom. The Labute approximate surface area is 481 Å². The second-order valence-electron chi connectivity index (χ2n) is 24.5. The minimum atomic E-state index is -0.177. The SMILES string of the molecule is Cc1cc2c3c(c1)N(c1c(C)cc(C(C)(C)C)cc1C)c1cc4c(cc1B3c1ccc(N(c3ccccc3)c3ccccc3)cc1N2c1cc(-c2ccc3c(c2)C(C)(C)c2ccccc2-3)cc(-c2cc3ccccc3o2)c1)OCCCO4. The zero-order valence-corrected chi connectivity index (χ0v) is 47.9. The van der Waals surface area contributed by atoms with Crippen molar-refractivity contribution < 1.29 is 13.9 Å². The molecule has 0 atom stereocenters. The van der Waals surface area contributed by atoms with E-state index in [2.05, 4.69) is 276 Å². The highest BCUT2D eigenvalue weighted by Crippen LogP contribution is 2.53. The Hall–Kier alpha value is -9.20. The second kappa shape index (κ2) is 18.7. The summed E-state index contributed by atoms with van der Waals surface area (Å²) in [7, 11) is 0. The fraction of sp³-hybridized carbons (Fsp3) is 0.173. The summed E-state index contributed by atoms with van der Waals surface area (Å²) >= 11 is 0. The highest BCUT2D eigenvalue weighted by atomic mass is 16.5. The van der Waals surface area contributed by atoms with Gasteiger partial charge in [0.2, 0.25) is 0 Å². The molecule has 0 radical (unpaired) electrons. The zero-order valence-electron chi connectivity index (χ0n) is 47.9. The molecule has 0 bridgehead atoms. The zero-order chi connectivity index (χ0) is 55.8. The van der Waals surface area contributed by atoms with E-state index in [1.807, 2.05) is 0 Å². The van der Waals surface area contributed by atoms with Crippen molar-refractivity contribution >= 4 is 85.3 Å². The third-order valence-electron chi connectivity index (χ3n) is 17.7. The predicted octanol–water partition coefficient (Wildman–Crippen LogP) is 18.0. The number of hydrogen-bond donors (Lipinski definition) is 0. The van der Waals surface area contributed by atoms with Crippen molar-refractivity contribution in [2.24, 2.45) is 0 Å². The van der Waals surface area contributed by atoms with Gasteiger partial charge < -0.3 is 28.6 Å². The number of furan rings is 1. The van der Waals surface area contributed by atoms with Crippen LogP contribution in [0.5, 0.6) is 11.5 Å². The Kier molecular flexibility index (Phi) is 11.4. The molecule has 0 saturated heterocycles. The molecule has 15 rings (SSSR count). The first-order valence-electron chi connectivity index (χ1n) is 29.0. The molecule has 11 aromatic rings. The van der Waals surface area contributed by atoms with Crippen LogP contribution >= 0.6 is 0 Å². The Morgan fingerprint density at radius 2 is 1.13 bits per heavy atom. The van der Waals surface area contributed by atoms with Gasteiger partial charge in [0.15, 0.2) is 11.5 Å². The molecular formula is C75H64BN3O3. The lowest BCUT2D eigenvalue weighted by molar-refractivity contribution is 0.297. The Morgan fingerprint density at radius 1 is 0.500 bits per heavy atom. The van der Waals surface area contributed by atoms with Crippen molar-refractivity contribution in [1.82, 2.24) is 0 Å². The smallest absolute Gasteiger partial charge is 0.252 e. The summed E-state index contributed by atoms with van der Waals surface area (Å²) in [6, 6.07) is 76.5. The van der Waals surface area contributed by atoms with E-state index >= 15 is 0 Å². The molecule has 3 aliphatic heterocycles. The Bertz CT molecular complexity index is 4300. The van der Waals surface area contributed by atoms with Crippen LogP contribution < -0.4 is 40.6 Å². The number of ether oxygens (including phenoxy) is 2. The van der Waals surface area contributed by atoms with Gasteiger partial charge >= 0.3 is 0 Å². The molecule has 0 amide bonds. The maximum absolute atomic E-state index is 6.86. The lowest BCUT2D eigenvalue weighted by Gasteiger charge is -2.45. The summed E-state index contributed by atoms with van der Waals surface area (Å²) in [6.45, 7) is 19.5. The maximum Gasteiger partial charge on any atom is 0.252 e. The first kappa shape index (κ1) is 49.8. The average Bonchev–Trinajstić information content (AvgIpc) is 1.93. The monoisotopic (exact) mass is 1070 g/mol. The molecule has 0 N–H and O–H groups in total. The molecule has 400 valence electrons. The van der Waals surface area contributed by atoms with E-state index in [0.717, 1.165) is 102 Å². The number of aryl methyl sites for hydroxylation is 3. The van der Waals surface area contributed by atoms with E-state index in [0.29, 0.717) is 13.2 Å². The lowest BCUT2D eigenvalue weighted by Crippen LogP contribution is -2.61. The van der Waals surface area contributed by atoms with Crippen molar-refractivity contribution in [3.05, 3.63) is 240 Å². The molecule has 1 aromatic heterocycles. The van der Waals surface area contributed by atoms with Crippen LogP contribution in [0.4, 0.5) is 51.2 Å². The lowest BCUT2D eigenvalue weighted by atomic mass is 9.33. The first-order valence-corrected chi connectivity index (χ1v) is 29.0. The topological polar surface area (TPSA) is 41.3 Å². The molecule has 7 heteroatoms. The van der Waals surface area contributed by atoms with Crippen LogP contribution in [-0.2, 0) is 10.8 Å². The predicted molar refractivity (Wildman–Crippen MR) is 342 cm³/mol. The first-order chi connectivity index (χ1) is 39.8. The van der Waals surface area contributed by atoms with Gasteiger partial charge in [-0.1, -0.05) is 144 Å². The molecular weight excluding hydrogens is 1000 g/mol. The van der Waals surface area contributed by atoms with Crippen LogP contribution in [-0.4, -0.2) is 19.9 Å². The van der Waals surface area contributed by atoms with E-state index in [1.54, 1.807) is 0 Å². The molecule has 4 heterocycles. The molecule has 10 aromatic carbocycles. The Balaban J connectivity index is 1.03. The number of hydrogen-bond acceptors (Lipinski definition) is 6. The highest BCUT2D eigenvalue weighted by molar-refractivity contribution is 7.00. The van der Waals surface area contributed by atoms with Crippen LogP contribution in [0.2, 0.25) is 0 Å². The van der Waals surface area contributed by atoms with Gasteiger partial charge in [-0.05, 0) is 189 Å². The summed E-state index contributed by atoms with van der Waals surface area (Å²) < 4.78 is 20.1. The summed E-state index contributed by atoms with van der Waals surface area (Å²) in [6.07, 6.45) is 0.814. The number of nitrogens with zero attached hydrogens (tertiary/aromatic N) is 3. The molecule has 82 heavy (non-hydrogen) atoms. The van der Waals surface area contributed by atoms with Gasteiger partial charge in [-0.25, -0.2) is 0 Å². The van der Waals surface area contributed by atoms with Gasteiger partial charge in [0.1, 0.15) is 11.3 Å². The number of anilines is 9. The summed E-state index contributed by atoms with van der Waals surface area (Å²) in [4.78, 5) is 7.49. The normalized spacial score (nSPS) is 14.4. The quantitative estimate of drug-likeness (QED) is 0.148. The highest BCUT2D eigenvalue weighted by Gasteiger charge is 2.46. The minimum Gasteiger partial charge on any atom is -0.490 e. The van der Waals surface area contributed by atoms with Crippen LogP contribution in [0, 0.1) is 20.8 Å². The van der Waals surface area contributed by atoms with E-state index < -0.39 is 0 Å². The van der Waals surface area contributed by atoms with Gasteiger partial charge in [0.05, 0.1) is 18.9 Å². The van der Waals surface area contributed by atoms with Crippen molar-refractivity contribution in [2.45, 2.75) is 72.6 Å². The number of para-hydroxylation sites is 3. The van der Waals surface area contributed by atoms with Crippen LogP contribution in [0.1, 0.15) is 74.4 Å². The number of rotatable bonds is 7. The van der Waals surface area contributed by atoms with Gasteiger partial charge in [-0.15, -0.1) is 0 Å². The molecule has 4 aliphatic rings. The molecule has 0 spiro atoms. The van der Waals surface area contributed by atoms with E-state index in [1.165, 1.54) is 61.0 Å². The van der Waals surface area contributed by atoms with Gasteiger partial charge in [-0.3, -0.25) is 0 Å². The maximum atomic E-state index is 6.86. The molecule has 0 saturated carbocycles. The van der Waals surface area contributed by atoms with E-state index in [4.69, 9.17) is 13.9 Å². The third kappa shape index (κ3) is 7.91. The van der Waals surface area contributed by atoms with Gasteiger partial charge in [-0.2, -0.15) is 0 Å². The second-order valence-corrected chi connectivity index (χ2v) is 24.5. The number of fused-ring (bicyclic) bond motifs is 9. The minimum absolute atomic E-state index is 0.0274. The van der Waals surface area contributed by atoms with E-state index in [9.17, 15) is 0 Å². The van der Waals surface area contributed by atoms with Crippen LogP contribution in [0.25, 0.3) is 44.5 Å². The molecule has 0 fully saturated rings. The molecule has 6 nitrogen and oxygen atoms in total. The van der Waals surface area contributed by atoms with Crippen LogP contribution in [0.3, 0.4) is 0 Å². The average molecular weight is 1070 g/mol. The standard InChI is InChI=1S/C75H64BN3O3/c1-46-34-66-72-67(35-46)79(73-47(2)36-53(37-48(73)3)74(4,5)6)65-45-71-70(80-32-19-33-81-71)44-63(65)76(72)62-31-29-56(77(54-21-11-9-12-22-54)55-23-13-10-14-24-55)43-64(62)78(66)57-39-51(38-52(40-57)69-42-50-20-15-18-27-68(50)82-69)49-28-30-59-58-25-16-17-26-60(58)75(7,8)61(59)41-49/h9-18,20-31,34-45H,19,32-33H2,1-8H3. The van der Waals surface area contributed by atoms with E-state index in [-0.39, 0.29) is 17.5 Å². The number of benzene rings is 10. The fourth-order valence-corrected chi connectivity index (χ4v) is 13.8. The van der Waals surface area contributed by atoms with Gasteiger partial charge in [0, 0.05) is 74.4 Å². The third-order valence-corrected chi connectivity index (χ3v) is 17.7. The molecule has 1 aliphatic carbocycles. The van der Waals surface area contributed by atoms with Crippen molar-refractivity contribution in [1.29, 1.82) is 0 Å². The largest absolute Gasteiger partial charge is 0.490 e. The summed E-state index contributed by atoms with van der Waals surface area (Å²) in [5.41, 5.74) is 27.6. The molecule has 0 unspecified atom stereocenters. The van der Waals surface area contributed by atoms with Crippen molar-refractivity contribution in [3.8, 4) is 45.1 Å². The summed E-state index contributed by atoms with van der Waals surface area (Å²) in [5, 5.41) is 1.07. The van der Waals surface area contributed by atoms with Crippen LogP contribution in [0.15, 0.2) is 211 Å². The van der Waals surface area contributed by atoms with Crippen molar-refractivity contribution in [3.63, 3.8) is 0 Å². The van der Waals surface area contributed by atoms with Gasteiger partial charge in [0.25, 0.3) is 6.71 Å².